The second-order valence-corrected chi connectivity index (χ2v) is 13.4. The molecule has 1 heterocycles. The number of ketones is 1. The molecule has 0 radical (unpaired) electrons. The summed E-state index contributed by atoms with van der Waals surface area (Å²) < 4.78 is 5.89. The van der Waals surface area contributed by atoms with Crippen molar-refractivity contribution in [2.24, 2.45) is 0 Å². The van der Waals surface area contributed by atoms with E-state index in [2.05, 4.69) is 72.8 Å². The van der Waals surface area contributed by atoms with Gasteiger partial charge in [0.25, 0.3) is 0 Å². The number of ether oxygens (including phenoxy) is 1. The zero-order valence-corrected chi connectivity index (χ0v) is 18.2. The van der Waals surface area contributed by atoms with E-state index in [4.69, 9.17) is 4.74 Å². The van der Waals surface area contributed by atoms with E-state index < -0.39 is 6.60 Å². The quantitative estimate of drug-likeness (QED) is 0.407. The Balaban J connectivity index is 1.64. The fourth-order valence-electron chi connectivity index (χ4n) is 5.11. The van der Waals surface area contributed by atoms with Crippen molar-refractivity contribution in [3.05, 3.63) is 121 Å². The first-order valence-corrected chi connectivity index (χ1v) is 13.1. The number of hydrogen-bond donors (Lipinski definition) is 0. The average Bonchev–Trinajstić information content (AvgIpc) is 3.59. The van der Waals surface area contributed by atoms with E-state index in [-0.39, 0.29) is 18.0 Å². The molecule has 3 heteroatoms. The van der Waals surface area contributed by atoms with Crippen molar-refractivity contribution >= 4 is 28.3 Å². The predicted molar refractivity (Wildman–Crippen MR) is 131 cm³/mol. The Morgan fingerprint density at radius 3 is 1.45 bits per heavy atom. The average molecular weight is 424 g/mol. The van der Waals surface area contributed by atoms with Gasteiger partial charge in [-0.2, -0.15) is 0 Å². The molecule has 0 saturated carbocycles. The van der Waals surface area contributed by atoms with E-state index >= 15 is 0 Å². The molecule has 5 rings (SSSR count). The van der Waals surface area contributed by atoms with Gasteiger partial charge >= 0.3 is 183 Å². The molecule has 1 aliphatic heterocycles. The minimum atomic E-state index is -2.90. The van der Waals surface area contributed by atoms with Crippen molar-refractivity contribution in [1.29, 1.82) is 0 Å². The van der Waals surface area contributed by atoms with Gasteiger partial charge in [-0.15, -0.1) is 0 Å². The Morgan fingerprint density at radius 1 is 0.645 bits per heavy atom. The first-order valence-electron chi connectivity index (χ1n) is 10.6. The summed E-state index contributed by atoms with van der Waals surface area (Å²) in [5.74, 6) is 0.911. The summed E-state index contributed by atoms with van der Waals surface area (Å²) in [6.45, 7) is -2.81. The van der Waals surface area contributed by atoms with Crippen LogP contribution >= 0.6 is 6.60 Å². The molecule has 4 aromatic rings. The zero-order valence-electron chi connectivity index (χ0n) is 17.3. The molecule has 0 aromatic heterocycles. The normalized spacial score (nSPS) is 19.5. The van der Waals surface area contributed by atoms with Gasteiger partial charge in [-0.3, -0.25) is 0 Å². The first-order chi connectivity index (χ1) is 15.3. The summed E-state index contributed by atoms with van der Waals surface area (Å²) in [6.07, 6.45) is 0.862. The molecule has 1 saturated heterocycles. The molecule has 1 aliphatic rings. The summed E-state index contributed by atoms with van der Waals surface area (Å²) >= 11 is 0. The molecule has 0 N–H and O–H groups in total. The fourth-order valence-corrected chi connectivity index (χ4v) is 12.5. The molecule has 0 amide bonds. The topological polar surface area (TPSA) is 26.3 Å². The molecule has 0 aliphatic carbocycles. The first kappa shape index (κ1) is 19.7. The molecule has 1 unspecified atom stereocenters. The van der Waals surface area contributed by atoms with Crippen molar-refractivity contribution in [3.8, 4) is 5.75 Å². The van der Waals surface area contributed by atoms with Crippen molar-refractivity contribution in [1.82, 2.24) is 0 Å². The Morgan fingerprint density at radius 2 is 1.03 bits per heavy atom. The molecular formula is C28H25O2P. The minimum absolute atomic E-state index is 0.0677. The van der Waals surface area contributed by atoms with E-state index in [1.165, 1.54) is 15.9 Å². The van der Waals surface area contributed by atoms with Crippen LogP contribution < -0.4 is 20.7 Å². The van der Waals surface area contributed by atoms with Gasteiger partial charge in [0.1, 0.15) is 0 Å². The van der Waals surface area contributed by atoms with E-state index in [1.54, 1.807) is 0 Å². The molecule has 31 heavy (non-hydrogen) atoms. The Kier molecular flexibility index (Phi) is 4.96. The molecule has 1 atom stereocenters. The van der Waals surface area contributed by atoms with E-state index in [9.17, 15) is 4.79 Å². The van der Waals surface area contributed by atoms with E-state index in [0.717, 1.165) is 11.9 Å². The van der Waals surface area contributed by atoms with Crippen LogP contribution in [0.4, 0.5) is 0 Å². The van der Waals surface area contributed by atoms with Crippen molar-refractivity contribution in [2.45, 2.75) is 5.66 Å². The third kappa shape index (κ3) is 3.02. The molecular weight excluding hydrogens is 399 g/mol. The zero-order chi connectivity index (χ0) is 21.2. The van der Waals surface area contributed by atoms with Gasteiger partial charge in [-0.05, 0) is 0 Å². The van der Waals surface area contributed by atoms with Gasteiger partial charge in [0.2, 0.25) is 0 Å². The fraction of sp³-hybridized carbons (Fsp3) is 0.107. The Labute approximate surface area is 183 Å². The molecule has 0 spiro atoms. The number of Topliss-reactive ketones (excluding diaryl/α,β-unsaturated/α-hetero) is 1. The van der Waals surface area contributed by atoms with Crippen LogP contribution in [0.1, 0.15) is 0 Å². The van der Waals surface area contributed by atoms with E-state index in [1.807, 2.05) is 48.5 Å². The van der Waals surface area contributed by atoms with Crippen LogP contribution in [-0.4, -0.2) is 24.2 Å². The summed E-state index contributed by atoms with van der Waals surface area (Å²) in [4.78, 5) is 13.6. The number of carbonyl (C=O) groups is 1. The molecule has 1 fully saturated rings. The SMILES string of the molecule is O=C(COc1ccccc1)C1CP1(c1ccccc1)(c1ccccc1)c1ccccc1. The van der Waals surface area contributed by atoms with Crippen molar-refractivity contribution < 1.29 is 9.53 Å². The van der Waals surface area contributed by atoms with Gasteiger partial charge in [-0.25, -0.2) is 0 Å². The molecule has 4 aromatic carbocycles. The van der Waals surface area contributed by atoms with Crippen LogP contribution in [0.3, 0.4) is 0 Å². The maximum absolute atomic E-state index is 13.6. The van der Waals surface area contributed by atoms with Gasteiger partial charge in [0, 0.05) is 0 Å². The van der Waals surface area contributed by atoms with Crippen LogP contribution in [0.25, 0.3) is 0 Å². The summed E-state index contributed by atoms with van der Waals surface area (Å²) in [5.41, 5.74) is -0.0677. The number of benzene rings is 4. The monoisotopic (exact) mass is 424 g/mol. The second-order valence-electron chi connectivity index (χ2n) is 8.15. The van der Waals surface area contributed by atoms with Gasteiger partial charge in [0.05, 0.1) is 0 Å². The van der Waals surface area contributed by atoms with Crippen LogP contribution in [-0.2, 0) is 4.79 Å². The summed E-state index contributed by atoms with van der Waals surface area (Å²) in [6, 6.07) is 41.6. The predicted octanol–water partition coefficient (Wildman–Crippen LogP) is 4.55. The van der Waals surface area contributed by atoms with Crippen LogP contribution in [0.15, 0.2) is 121 Å². The van der Waals surface area contributed by atoms with Crippen LogP contribution in [0, 0.1) is 0 Å². The van der Waals surface area contributed by atoms with E-state index in [0.29, 0.717) is 0 Å². The third-order valence-electron chi connectivity index (χ3n) is 6.64. The standard InChI is InChI=1S/C28H25O2P/c29-27(21-30-23-13-5-1-6-14-23)28-22-31(28,24-15-7-2-8-16-24,25-17-9-3-10-18-25)26-19-11-4-12-20-26/h1-20,28H,21-22H2. The summed E-state index contributed by atoms with van der Waals surface area (Å²) in [7, 11) is 0. The van der Waals surface area contributed by atoms with Crippen LogP contribution in [0.2, 0.25) is 0 Å². The second kappa shape index (κ2) is 7.80. The number of carbonyl (C=O) groups excluding carboxylic acids is 1. The maximum atomic E-state index is 13.6. The Hall–Kier alpha value is -3.22. The third-order valence-corrected chi connectivity index (χ3v) is 13.6. The van der Waals surface area contributed by atoms with Gasteiger partial charge in [0.15, 0.2) is 0 Å². The van der Waals surface area contributed by atoms with Crippen molar-refractivity contribution in [3.63, 3.8) is 0 Å². The van der Waals surface area contributed by atoms with Gasteiger partial charge in [-0.1, -0.05) is 0 Å². The number of rotatable bonds is 7. The number of para-hydroxylation sites is 1. The molecule has 0 bridgehead atoms. The number of hydrogen-bond acceptors (Lipinski definition) is 2. The van der Waals surface area contributed by atoms with Crippen LogP contribution in [0.5, 0.6) is 5.75 Å². The summed E-state index contributed by atoms with van der Waals surface area (Å²) in [5, 5.41) is 3.84. The van der Waals surface area contributed by atoms with Gasteiger partial charge < -0.3 is 0 Å². The molecule has 154 valence electrons. The Bertz CT molecular complexity index is 1080. The molecule has 2 nitrogen and oxygen atoms in total. The van der Waals surface area contributed by atoms with Crippen molar-refractivity contribution in [2.75, 3.05) is 12.8 Å².